The van der Waals surface area contributed by atoms with E-state index >= 15 is 0 Å². The molecule has 0 radical (unpaired) electrons. The van der Waals surface area contributed by atoms with E-state index in [9.17, 15) is 4.79 Å². The lowest BCUT2D eigenvalue weighted by atomic mass is 9.98. The summed E-state index contributed by atoms with van der Waals surface area (Å²) in [5.41, 5.74) is 0. The number of carbonyl (C=O) groups is 1. The number of rotatable bonds is 3. The van der Waals surface area contributed by atoms with E-state index in [1.807, 2.05) is 0 Å². The standard InChI is InChI=1S/C10H15N3O3/c1-7-11-9(16-12-7)6-13-4-2-3-8(5-13)10(14)15/h8H,2-6H2,1H3,(H,14,15)/t8-/m1/s1. The van der Waals surface area contributed by atoms with Gasteiger partial charge in [0.1, 0.15) is 0 Å². The monoisotopic (exact) mass is 225 g/mol. The summed E-state index contributed by atoms with van der Waals surface area (Å²) >= 11 is 0. The van der Waals surface area contributed by atoms with E-state index in [2.05, 4.69) is 15.0 Å². The molecule has 0 unspecified atom stereocenters. The maximum atomic E-state index is 10.9. The predicted octanol–water partition coefficient (Wildman–Crippen LogP) is 0.675. The summed E-state index contributed by atoms with van der Waals surface area (Å²) < 4.78 is 5.01. The molecule has 0 spiro atoms. The smallest absolute Gasteiger partial charge is 0.307 e. The van der Waals surface area contributed by atoms with E-state index in [4.69, 9.17) is 9.63 Å². The fraction of sp³-hybridized carbons (Fsp3) is 0.700. The first-order valence-electron chi connectivity index (χ1n) is 5.39. The van der Waals surface area contributed by atoms with Gasteiger partial charge in [0.15, 0.2) is 5.82 Å². The highest BCUT2D eigenvalue weighted by atomic mass is 16.5. The van der Waals surface area contributed by atoms with Gasteiger partial charge in [0.2, 0.25) is 5.89 Å². The maximum Gasteiger partial charge on any atom is 0.307 e. The molecule has 1 aromatic rings. The topological polar surface area (TPSA) is 79.5 Å². The number of hydrogen-bond acceptors (Lipinski definition) is 5. The molecule has 16 heavy (non-hydrogen) atoms. The molecule has 88 valence electrons. The van der Waals surface area contributed by atoms with E-state index < -0.39 is 5.97 Å². The summed E-state index contributed by atoms with van der Waals surface area (Å²) in [5.74, 6) is 0.189. The van der Waals surface area contributed by atoms with Crippen LogP contribution in [0.1, 0.15) is 24.6 Å². The third kappa shape index (κ3) is 2.57. The Morgan fingerprint density at radius 1 is 1.69 bits per heavy atom. The zero-order valence-electron chi connectivity index (χ0n) is 9.22. The number of aliphatic carboxylic acids is 1. The second kappa shape index (κ2) is 4.61. The lowest BCUT2D eigenvalue weighted by Crippen LogP contribution is -2.38. The molecule has 0 aliphatic carbocycles. The Morgan fingerprint density at radius 2 is 2.50 bits per heavy atom. The van der Waals surface area contributed by atoms with Gasteiger partial charge in [-0.2, -0.15) is 4.98 Å². The van der Waals surface area contributed by atoms with Gasteiger partial charge >= 0.3 is 5.97 Å². The Labute approximate surface area is 93.2 Å². The van der Waals surface area contributed by atoms with Crippen LogP contribution in [-0.2, 0) is 11.3 Å². The number of hydrogen-bond donors (Lipinski definition) is 1. The first-order chi connectivity index (χ1) is 7.65. The van der Waals surface area contributed by atoms with Crippen LogP contribution in [0, 0.1) is 12.8 Å². The minimum Gasteiger partial charge on any atom is -0.481 e. The Morgan fingerprint density at radius 3 is 3.12 bits per heavy atom. The quantitative estimate of drug-likeness (QED) is 0.814. The third-order valence-electron chi connectivity index (χ3n) is 2.78. The third-order valence-corrected chi connectivity index (χ3v) is 2.78. The molecular weight excluding hydrogens is 210 g/mol. The molecule has 0 saturated carbocycles. The molecule has 6 heteroatoms. The highest BCUT2D eigenvalue weighted by molar-refractivity contribution is 5.70. The van der Waals surface area contributed by atoms with Gasteiger partial charge in [-0.05, 0) is 26.3 Å². The highest BCUT2D eigenvalue weighted by Crippen LogP contribution is 2.18. The van der Waals surface area contributed by atoms with Crippen molar-refractivity contribution in [1.29, 1.82) is 0 Å². The zero-order valence-corrected chi connectivity index (χ0v) is 9.22. The van der Waals surface area contributed by atoms with Crippen molar-refractivity contribution >= 4 is 5.97 Å². The maximum absolute atomic E-state index is 10.9. The molecule has 0 aromatic carbocycles. The van der Waals surface area contributed by atoms with E-state index in [-0.39, 0.29) is 5.92 Å². The van der Waals surface area contributed by atoms with Crippen LogP contribution < -0.4 is 0 Å². The van der Waals surface area contributed by atoms with Crippen LogP contribution in [0.3, 0.4) is 0 Å². The highest BCUT2D eigenvalue weighted by Gasteiger charge is 2.26. The molecule has 0 bridgehead atoms. The van der Waals surface area contributed by atoms with Crippen LogP contribution in [0.2, 0.25) is 0 Å². The second-order valence-corrected chi connectivity index (χ2v) is 4.15. The van der Waals surface area contributed by atoms with Gasteiger partial charge in [-0.3, -0.25) is 9.69 Å². The van der Waals surface area contributed by atoms with E-state index in [0.717, 1.165) is 19.4 Å². The van der Waals surface area contributed by atoms with Crippen LogP contribution in [0.4, 0.5) is 0 Å². The predicted molar refractivity (Wildman–Crippen MR) is 54.7 cm³/mol. The number of carboxylic acid groups (broad SMARTS) is 1. The molecule has 0 amide bonds. The van der Waals surface area contributed by atoms with Crippen molar-refractivity contribution in [3.63, 3.8) is 0 Å². The summed E-state index contributed by atoms with van der Waals surface area (Å²) in [7, 11) is 0. The number of likely N-dealkylation sites (tertiary alicyclic amines) is 1. The number of carboxylic acids is 1. The van der Waals surface area contributed by atoms with Crippen molar-refractivity contribution in [2.75, 3.05) is 13.1 Å². The molecule has 1 aliphatic rings. The lowest BCUT2D eigenvalue weighted by Gasteiger charge is -2.29. The SMILES string of the molecule is Cc1noc(CN2CCC[C@@H](C(=O)O)C2)n1. The van der Waals surface area contributed by atoms with Crippen LogP contribution in [0.5, 0.6) is 0 Å². The van der Waals surface area contributed by atoms with Crippen molar-refractivity contribution in [1.82, 2.24) is 15.0 Å². The van der Waals surface area contributed by atoms with Crippen LogP contribution in [0.25, 0.3) is 0 Å². The molecule has 2 rings (SSSR count). The molecule has 1 saturated heterocycles. The summed E-state index contributed by atoms with van der Waals surface area (Å²) in [5, 5.41) is 12.7. The van der Waals surface area contributed by atoms with Gasteiger partial charge in [0.25, 0.3) is 0 Å². The summed E-state index contributed by atoms with van der Waals surface area (Å²) in [6.07, 6.45) is 1.67. The summed E-state index contributed by atoms with van der Waals surface area (Å²) in [6.45, 7) is 3.77. The van der Waals surface area contributed by atoms with Gasteiger partial charge in [-0.15, -0.1) is 0 Å². The number of piperidine rings is 1. The Bertz CT molecular complexity index is 377. The molecule has 1 aliphatic heterocycles. The molecule has 2 heterocycles. The van der Waals surface area contributed by atoms with Crippen molar-refractivity contribution in [3.05, 3.63) is 11.7 Å². The van der Waals surface area contributed by atoms with Crippen LogP contribution in [0.15, 0.2) is 4.52 Å². The molecular formula is C10H15N3O3. The van der Waals surface area contributed by atoms with E-state index in [1.165, 1.54) is 0 Å². The van der Waals surface area contributed by atoms with Crippen molar-refractivity contribution < 1.29 is 14.4 Å². The van der Waals surface area contributed by atoms with E-state index in [1.54, 1.807) is 6.92 Å². The first kappa shape index (κ1) is 11.1. The van der Waals surface area contributed by atoms with Gasteiger partial charge < -0.3 is 9.63 Å². The van der Waals surface area contributed by atoms with Gasteiger partial charge in [0, 0.05) is 6.54 Å². The lowest BCUT2D eigenvalue weighted by molar-refractivity contribution is -0.143. The molecule has 1 N–H and O–H groups in total. The van der Waals surface area contributed by atoms with Gasteiger partial charge in [0.05, 0.1) is 12.5 Å². The zero-order chi connectivity index (χ0) is 11.5. The molecule has 1 aromatic heterocycles. The Hall–Kier alpha value is -1.43. The minimum absolute atomic E-state index is 0.266. The Kier molecular flexibility index (Phi) is 3.19. The summed E-state index contributed by atoms with van der Waals surface area (Å²) in [6, 6.07) is 0. The number of aryl methyl sites for hydroxylation is 1. The normalized spacial score (nSPS) is 22.2. The van der Waals surface area contributed by atoms with Crippen molar-refractivity contribution in [3.8, 4) is 0 Å². The average Bonchev–Trinajstić information content (AvgIpc) is 2.64. The average molecular weight is 225 g/mol. The van der Waals surface area contributed by atoms with Crippen molar-refractivity contribution in [2.24, 2.45) is 5.92 Å². The minimum atomic E-state index is -0.716. The molecule has 1 atom stereocenters. The molecule has 1 fully saturated rings. The van der Waals surface area contributed by atoms with Crippen molar-refractivity contribution in [2.45, 2.75) is 26.3 Å². The largest absolute Gasteiger partial charge is 0.481 e. The first-order valence-corrected chi connectivity index (χ1v) is 5.39. The van der Waals surface area contributed by atoms with Crippen LogP contribution in [-0.4, -0.2) is 39.2 Å². The van der Waals surface area contributed by atoms with Gasteiger partial charge in [-0.1, -0.05) is 5.16 Å². The second-order valence-electron chi connectivity index (χ2n) is 4.15. The molecule has 6 nitrogen and oxygen atoms in total. The number of nitrogens with zero attached hydrogens (tertiary/aromatic N) is 3. The van der Waals surface area contributed by atoms with Gasteiger partial charge in [-0.25, -0.2) is 0 Å². The fourth-order valence-electron chi connectivity index (χ4n) is 2.00. The Balaban J connectivity index is 1.92. The van der Waals surface area contributed by atoms with E-state index in [0.29, 0.717) is 24.8 Å². The number of aromatic nitrogens is 2. The summed E-state index contributed by atoms with van der Waals surface area (Å²) in [4.78, 5) is 17.0. The fourth-order valence-corrected chi connectivity index (χ4v) is 2.00. The van der Waals surface area contributed by atoms with Crippen LogP contribution >= 0.6 is 0 Å².